The van der Waals surface area contributed by atoms with Gasteiger partial charge < -0.3 is 0 Å². The summed E-state index contributed by atoms with van der Waals surface area (Å²) in [6.45, 7) is 0. The zero-order valence-electron chi connectivity index (χ0n) is 4.99. The van der Waals surface area contributed by atoms with Gasteiger partial charge in [-0.25, -0.2) is 0 Å². The predicted molar refractivity (Wildman–Crippen MR) is 35.0 cm³/mol. The molecule has 0 saturated heterocycles. The SMILES string of the molecule is O=C/C=C/C/C=C/C=O. The van der Waals surface area contributed by atoms with E-state index in [9.17, 15) is 9.59 Å². The molecule has 0 amide bonds. The van der Waals surface area contributed by atoms with Crippen molar-refractivity contribution in [1.29, 1.82) is 0 Å². The Morgan fingerprint density at radius 2 is 1.33 bits per heavy atom. The van der Waals surface area contributed by atoms with Gasteiger partial charge in [0, 0.05) is 0 Å². The highest BCUT2D eigenvalue weighted by Gasteiger charge is 1.67. The molecule has 0 aliphatic carbocycles. The Bertz CT molecular complexity index is 118. The molecule has 0 fully saturated rings. The van der Waals surface area contributed by atoms with E-state index in [1.807, 2.05) is 0 Å². The van der Waals surface area contributed by atoms with E-state index in [1.54, 1.807) is 12.2 Å². The minimum Gasteiger partial charge on any atom is -0.299 e. The molecular formula is C7H8O2. The van der Waals surface area contributed by atoms with E-state index in [1.165, 1.54) is 12.2 Å². The smallest absolute Gasteiger partial charge is 0.142 e. The third kappa shape index (κ3) is 6.82. The van der Waals surface area contributed by atoms with Crippen LogP contribution in [0.5, 0.6) is 0 Å². The van der Waals surface area contributed by atoms with E-state index >= 15 is 0 Å². The van der Waals surface area contributed by atoms with Crippen LogP contribution in [0.1, 0.15) is 6.42 Å². The van der Waals surface area contributed by atoms with Gasteiger partial charge in [-0.3, -0.25) is 9.59 Å². The average molecular weight is 124 g/mol. The van der Waals surface area contributed by atoms with Crippen molar-refractivity contribution in [2.24, 2.45) is 0 Å². The Labute approximate surface area is 53.9 Å². The average Bonchev–Trinajstić information content (AvgIpc) is 1.89. The number of hydrogen-bond donors (Lipinski definition) is 0. The summed E-state index contributed by atoms with van der Waals surface area (Å²) in [6, 6.07) is 0. The predicted octanol–water partition coefficient (Wildman–Crippen LogP) is 0.887. The minimum atomic E-state index is 0.636. The molecule has 0 aromatic carbocycles. The van der Waals surface area contributed by atoms with E-state index < -0.39 is 0 Å². The van der Waals surface area contributed by atoms with Crippen LogP contribution in [-0.4, -0.2) is 12.6 Å². The lowest BCUT2D eigenvalue weighted by Gasteiger charge is -1.73. The van der Waals surface area contributed by atoms with Crippen molar-refractivity contribution in [3.63, 3.8) is 0 Å². The molecule has 0 saturated carbocycles. The standard InChI is InChI=1S/C7H8O2/c8-6-4-2-1-3-5-7-9/h2-7H,1H2/b4-2+,5-3+. The second-order valence-electron chi connectivity index (χ2n) is 1.36. The summed E-state index contributed by atoms with van der Waals surface area (Å²) in [4.78, 5) is 19.3. The zero-order chi connectivity index (χ0) is 6.95. The maximum atomic E-state index is 9.66. The van der Waals surface area contributed by atoms with Crippen LogP contribution in [0.15, 0.2) is 24.3 Å². The van der Waals surface area contributed by atoms with Crippen LogP contribution in [0.3, 0.4) is 0 Å². The van der Waals surface area contributed by atoms with E-state index in [0.717, 1.165) is 0 Å². The third-order valence-electron chi connectivity index (χ3n) is 0.701. The lowest BCUT2D eigenvalue weighted by atomic mass is 10.3. The van der Waals surface area contributed by atoms with Gasteiger partial charge in [-0.05, 0) is 18.6 Å². The second-order valence-corrected chi connectivity index (χ2v) is 1.36. The summed E-state index contributed by atoms with van der Waals surface area (Å²) in [7, 11) is 0. The Kier molecular flexibility index (Phi) is 5.93. The molecule has 0 aromatic rings. The number of hydrogen-bond acceptors (Lipinski definition) is 2. The Morgan fingerprint density at radius 1 is 0.889 bits per heavy atom. The van der Waals surface area contributed by atoms with Crippen LogP contribution in [0.4, 0.5) is 0 Å². The summed E-state index contributed by atoms with van der Waals surface area (Å²) in [5.41, 5.74) is 0. The summed E-state index contributed by atoms with van der Waals surface area (Å²) in [6.07, 6.45) is 8.19. The number of carbonyl (C=O) groups excluding carboxylic acids is 2. The van der Waals surface area contributed by atoms with Crippen LogP contribution < -0.4 is 0 Å². The van der Waals surface area contributed by atoms with Gasteiger partial charge in [0.05, 0.1) is 0 Å². The van der Waals surface area contributed by atoms with Crippen LogP contribution in [0, 0.1) is 0 Å². The monoisotopic (exact) mass is 124 g/mol. The Balaban J connectivity index is 3.27. The topological polar surface area (TPSA) is 34.1 Å². The largest absolute Gasteiger partial charge is 0.299 e. The minimum absolute atomic E-state index is 0.636. The molecule has 0 rings (SSSR count). The highest BCUT2D eigenvalue weighted by Crippen LogP contribution is 1.81. The van der Waals surface area contributed by atoms with Gasteiger partial charge in [-0.2, -0.15) is 0 Å². The molecule has 0 bridgehead atoms. The molecular weight excluding hydrogens is 116 g/mol. The number of allylic oxidation sites excluding steroid dienone is 4. The fourth-order valence-corrected chi connectivity index (χ4v) is 0.347. The van der Waals surface area contributed by atoms with Crippen LogP contribution >= 0.6 is 0 Å². The molecule has 0 heterocycles. The maximum absolute atomic E-state index is 9.66. The van der Waals surface area contributed by atoms with Crippen LogP contribution in [0.2, 0.25) is 0 Å². The Hall–Kier alpha value is -1.18. The molecule has 0 radical (unpaired) electrons. The molecule has 0 N–H and O–H groups in total. The first kappa shape index (κ1) is 7.82. The lowest BCUT2D eigenvalue weighted by Crippen LogP contribution is -1.62. The number of carbonyl (C=O) groups is 2. The van der Waals surface area contributed by atoms with Gasteiger partial charge in [0.2, 0.25) is 0 Å². The van der Waals surface area contributed by atoms with Gasteiger partial charge in [-0.15, -0.1) is 0 Å². The lowest BCUT2D eigenvalue weighted by molar-refractivity contribution is -0.104. The third-order valence-corrected chi connectivity index (χ3v) is 0.701. The molecule has 0 aromatic heterocycles. The zero-order valence-corrected chi connectivity index (χ0v) is 4.99. The molecule has 9 heavy (non-hydrogen) atoms. The summed E-state index contributed by atoms with van der Waals surface area (Å²) < 4.78 is 0. The van der Waals surface area contributed by atoms with Gasteiger partial charge in [-0.1, -0.05) is 12.2 Å². The van der Waals surface area contributed by atoms with Gasteiger partial charge in [0.1, 0.15) is 12.6 Å². The van der Waals surface area contributed by atoms with E-state index in [2.05, 4.69) is 0 Å². The van der Waals surface area contributed by atoms with E-state index in [-0.39, 0.29) is 0 Å². The molecule has 0 unspecified atom stereocenters. The highest BCUT2D eigenvalue weighted by molar-refractivity contribution is 5.65. The molecule has 2 nitrogen and oxygen atoms in total. The van der Waals surface area contributed by atoms with Crippen molar-refractivity contribution in [2.75, 3.05) is 0 Å². The maximum Gasteiger partial charge on any atom is 0.142 e. The van der Waals surface area contributed by atoms with Crippen molar-refractivity contribution in [3.8, 4) is 0 Å². The number of rotatable bonds is 4. The quantitative estimate of drug-likeness (QED) is 0.412. The summed E-state index contributed by atoms with van der Waals surface area (Å²) >= 11 is 0. The first-order valence-electron chi connectivity index (χ1n) is 2.62. The van der Waals surface area contributed by atoms with Gasteiger partial charge >= 0.3 is 0 Å². The summed E-state index contributed by atoms with van der Waals surface area (Å²) in [5, 5.41) is 0. The highest BCUT2D eigenvalue weighted by atomic mass is 16.1. The van der Waals surface area contributed by atoms with Gasteiger partial charge in [0.15, 0.2) is 0 Å². The first-order valence-corrected chi connectivity index (χ1v) is 2.62. The molecule has 0 spiro atoms. The van der Waals surface area contributed by atoms with Crippen molar-refractivity contribution < 1.29 is 9.59 Å². The van der Waals surface area contributed by atoms with Crippen molar-refractivity contribution in [2.45, 2.75) is 6.42 Å². The van der Waals surface area contributed by atoms with Crippen LogP contribution in [-0.2, 0) is 9.59 Å². The molecule has 0 aliphatic rings. The summed E-state index contributed by atoms with van der Waals surface area (Å²) in [5.74, 6) is 0. The number of aldehydes is 2. The van der Waals surface area contributed by atoms with Crippen molar-refractivity contribution >= 4 is 12.6 Å². The fraction of sp³-hybridized carbons (Fsp3) is 0.143. The molecule has 0 aliphatic heterocycles. The normalized spacial score (nSPS) is 10.7. The molecule has 2 heteroatoms. The Morgan fingerprint density at radius 3 is 1.67 bits per heavy atom. The van der Waals surface area contributed by atoms with Crippen molar-refractivity contribution in [1.82, 2.24) is 0 Å². The van der Waals surface area contributed by atoms with Crippen molar-refractivity contribution in [3.05, 3.63) is 24.3 Å². The van der Waals surface area contributed by atoms with E-state index in [0.29, 0.717) is 19.0 Å². The molecule has 48 valence electrons. The second kappa shape index (κ2) is 6.82. The molecule has 0 atom stereocenters. The first-order chi connectivity index (χ1) is 4.41. The van der Waals surface area contributed by atoms with Gasteiger partial charge in [0.25, 0.3) is 0 Å². The fourth-order valence-electron chi connectivity index (χ4n) is 0.347. The van der Waals surface area contributed by atoms with Crippen LogP contribution in [0.25, 0.3) is 0 Å². The van der Waals surface area contributed by atoms with E-state index in [4.69, 9.17) is 0 Å².